The molecule has 6 heteroatoms. The van der Waals surface area contributed by atoms with Crippen LogP contribution in [0.5, 0.6) is 0 Å². The fourth-order valence-corrected chi connectivity index (χ4v) is 1.93. The Kier molecular flexibility index (Phi) is 6.24. The first-order valence-electron chi connectivity index (χ1n) is 6.03. The molecule has 0 N–H and O–H groups in total. The predicted molar refractivity (Wildman–Crippen MR) is 67.1 cm³/mol. The zero-order chi connectivity index (χ0) is 13.4. The molecule has 0 fully saturated rings. The Labute approximate surface area is 109 Å². The third kappa shape index (κ3) is 6.09. The minimum absolute atomic E-state index is 0.0716. The molecule has 1 rings (SSSR count). The number of nitrogens with zero attached hydrogens (tertiary/aromatic N) is 1. The second-order valence-corrected chi connectivity index (χ2v) is 5.31. The summed E-state index contributed by atoms with van der Waals surface area (Å²) in [7, 11) is -3.85. The van der Waals surface area contributed by atoms with Crippen LogP contribution in [-0.2, 0) is 25.3 Å². The lowest BCUT2D eigenvalue weighted by Gasteiger charge is -2.04. The summed E-state index contributed by atoms with van der Waals surface area (Å²) in [5.74, 6) is 0. The van der Waals surface area contributed by atoms with Gasteiger partial charge in [-0.3, -0.25) is 0 Å². The Morgan fingerprint density at radius 2 is 1.78 bits per heavy atom. The van der Waals surface area contributed by atoms with Crippen molar-refractivity contribution in [1.29, 1.82) is 0 Å². The summed E-state index contributed by atoms with van der Waals surface area (Å²) in [6, 6.07) is 3.90. The van der Waals surface area contributed by atoms with Gasteiger partial charge in [-0.15, -0.1) is 0 Å². The van der Waals surface area contributed by atoms with Crippen molar-refractivity contribution in [3.8, 4) is 0 Å². The molecule has 0 saturated heterocycles. The van der Waals surface area contributed by atoms with Gasteiger partial charge in [-0.1, -0.05) is 13.3 Å². The van der Waals surface area contributed by atoms with Crippen LogP contribution in [0.4, 0.5) is 0 Å². The van der Waals surface area contributed by atoms with Crippen molar-refractivity contribution in [2.75, 3.05) is 13.2 Å². The molecule has 1 aromatic heterocycles. The zero-order valence-electron chi connectivity index (χ0n) is 10.8. The average Bonchev–Trinajstić information content (AvgIpc) is 2.32. The second-order valence-electron chi connectivity index (χ2n) is 4.02. The Bertz CT molecular complexity index is 442. The maximum atomic E-state index is 11.3. The molecule has 0 atom stereocenters. The van der Waals surface area contributed by atoms with E-state index in [1.165, 1.54) is 0 Å². The van der Waals surface area contributed by atoms with Crippen LogP contribution in [0, 0.1) is 6.92 Å². The van der Waals surface area contributed by atoms with E-state index in [1.807, 2.05) is 42.9 Å². The maximum absolute atomic E-state index is 11.3. The van der Waals surface area contributed by atoms with Gasteiger partial charge < -0.3 is 0 Å². The molecular formula is C12H20NO4S+. The van der Waals surface area contributed by atoms with E-state index >= 15 is 0 Å². The molecule has 0 aliphatic heterocycles. The average molecular weight is 274 g/mol. The summed E-state index contributed by atoms with van der Waals surface area (Å²) < 4.78 is 33.9. The molecule has 0 spiro atoms. The van der Waals surface area contributed by atoms with Crippen LogP contribution in [0.25, 0.3) is 0 Å². The van der Waals surface area contributed by atoms with Gasteiger partial charge in [-0.25, -0.2) is 12.9 Å². The van der Waals surface area contributed by atoms with Crippen molar-refractivity contribution in [1.82, 2.24) is 0 Å². The van der Waals surface area contributed by atoms with Crippen molar-refractivity contribution < 1.29 is 21.4 Å². The summed E-state index contributed by atoms with van der Waals surface area (Å²) in [5.41, 5.74) is 1.16. The van der Waals surface area contributed by atoms with Gasteiger partial charge in [-0.05, 0) is 18.9 Å². The highest BCUT2D eigenvalue weighted by Gasteiger charge is 2.12. The molecule has 0 bridgehead atoms. The van der Waals surface area contributed by atoms with Gasteiger partial charge in [0, 0.05) is 12.1 Å². The normalized spacial score (nSPS) is 11.7. The first-order valence-corrected chi connectivity index (χ1v) is 7.36. The SMILES string of the molecule is CCCCOS(=O)(=O)OCC[n+]1ccc(C)cc1. The summed E-state index contributed by atoms with van der Waals surface area (Å²) in [6.45, 7) is 4.67. The van der Waals surface area contributed by atoms with Gasteiger partial charge in [0.2, 0.25) is 0 Å². The first kappa shape index (κ1) is 15.1. The number of unbranched alkanes of at least 4 members (excludes halogenated alkanes) is 1. The minimum atomic E-state index is -3.85. The molecule has 5 nitrogen and oxygen atoms in total. The van der Waals surface area contributed by atoms with E-state index in [-0.39, 0.29) is 13.2 Å². The van der Waals surface area contributed by atoms with Crippen LogP contribution in [0.1, 0.15) is 25.3 Å². The van der Waals surface area contributed by atoms with Crippen molar-refractivity contribution in [2.45, 2.75) is 33.2 Å². The molecule has 0 aromatic carbocycles. The lowest BCUT2D eigenvalue weighted by atomic mass is 10.3. The number of hydrogen-bond acceptors (Lipinski definition) is 4. The van der Waals surface area contributed by atoms with Crippen molar-refractivity contribution in [2.24, 2.45) is 0 Å². The molecule has 0 radical (unpaired) electrons. The topological polar surface area (TPSA) is 56.5 Å². The summed E-state index contributed by atoms with van der Waals surface area (Å²) in [4.78, 5) is 0. The van der Waals surface area contributed by atoms with E-state index in [0.29, 0.717) is 13.0 Å². The van der Waals surface area contributed by atoms with E-state index in [2.05, 4.69) is 4.18 Å². The zero-order valence-corrected chi connectivity index (χ0v) is 11.6. The van der Waals surface area contributed by atoms with Crippen LogP contribution < -0.4 is 4.57 Å². The van der Waals surface area contributed by atoms with Crippen LogP contribution in [-0.4, -0.2) is 21.6 Å². The van der Waals surface area contributed by atoms with Gasteiger partial charge in [0.1, 0.15) is 6.61 Å². The lowest BCUT2D eigenvalue weighted by Crippen LogP contribution is -2.35. The summed E-state index contributed by atoms with van der Waals surface area (Å²) in [5, 5.41) is 0. The van der Waals surface area contributed by atoms with E-state index in [1.54, 1.807) is 0 Å². The molecule has 18 heavy (non-hydrogen) atoms. The van der Waals surface area contributed by atoms with Gasteiger partial charge in [0.15, 0.2) is 18.9 Å². The fourth-order valence-electron chi connectivity index (χ4n) is 1.27. The van der Waals surface area contributed by atoms with Crippen LogP contribution >= 0.6 is 0 Å². The Hall–Kier alpha value is -0.980. The highest BCUT2D eigenvalue weighted by Crippen LogP contribution is 1.98. The number of rotatable bonds is 8. The third-order valence-corrected chi connectivity index (χ3v) is 3.27. The van der Waals surface area contributed by atoms with Crippen LogP contribution in [0.15, 0.2) is 24.5 Å². The summed E-state index contributed by atoms with van der Waals surface area (Å²) in [6.07, 6.45) is 5.34. The Morgan fingerprint density at radius 3 is 2.39 bits per heavy atom. The van der Waals surface area contributed by atoms with Gasteiger partial charge in [-0.2, -0.15) is 8.42 Å². The first-order chi connectivity index (χ1) is 8.53. The minimum Gasteiger partial charge on any atom is -0.248 e. The van der Waals surface area contributed by atoms with Crippen molar-refractivity contribution in [3.05, 3.63) is 30.1 Å². The molecule has 0 aliphatic rings. The van der Waals surface area contributed by atoms with E-state index in [9.17, 15) is 8.42 Å². The van der Waals surface area contributed by atoms with Gasteiger partial charge in [0.05, 0.1) is 6.61 Å². The highest BCUT2D eigenvalue weighted by atomic mass is 32.3. The number of pyridine rings is 1. The number of aryl methyl sites for hydroxylation is 1. The Morgan fingerprint density at radius 1 is 1.17 bits per heavy atom. The fraction of sp³-hybridized carbons (Fsp3) is 0.583. The smallest absolute Gasteiger partial charge is 0.248 e. The van der Waals surface area contributed by atoms with Gasteiger partial charge in [0.25, 0.3) is 0 Å². The standard InChI is InChI=1S/C12H20NO4S/c1-3-4-10-16-18(14,15)17-11-9-13-7-5-12(2)6-8-13/h5-8H,3-4,9-11H2,1-2H3/q+1. The predicted octanol–water partition coefficient (Wildman–Crippen LogP) is 1.36. The Balaban J connectivity index is 2.30. The lowest BCUT2D eigenvalue weighted by molar-refractivity contribution is -0.697. The van der Waals surface area contributed by atoms with Crippen LogP contribution in [0.3, 0.4) is 0 Å². The van der Waals surface area contributed by atoms with E-state index in [0.717, 1.165) is 12.0 Å². The molecule has 1 aromatic rings. The van der Waals surface area contributed by atoms with Crippen molar-refractivity contribution >= 4 is 10.4 Å². The van der Waals surface area contributed by atoms with E-state index < -0.39 is 10.4 Å². The maximum Gasteiger partial charge on any atom is 0.400 e. The summed E-state index contributed by atoms with van der Waals surface area (Å²) >= 11 is 0. The van der Waals surface area contributed by atoms with Crippen LogP contribution in [0.2, 0.25) is 0 Å². The molecule has 0 saturated carbocycles. The number of aromatic nitrogens is 1. The third-order valence-electron chi connectivity index (χ3n) is 2.36. The van der Waals surface area contributed by atoms with E-state index in [4.69, 9.17) is 4.18 Å². The molecule has 1 heterocycles. The molecular weight excluding hydrogens is 254 g/mol. The second kappa shape index (κ2) is 7.45. The van der Waals surface area contributed by atoms with Gasteiger partial charge >= 0.3 is 10.4 Å². The molecule has 0 unspecified atom stereocenters. The number of hydrogen-bond donors (Lipinski definition) is 0. The highest BCUT2D eigenvalue weighted by molar-refractivity contribution is 7.81. The largest absolute Gasteiger partial charge is 0.400 e. The van der Waals surface area contributed by atoms with Crippen molar-refractivity contribution in [3.63, 3.8) is 0 Å². The molecule has 0 amide bonds. The molecule has 0 aliphatic carbocycles. The monoisotopic (exact) mass is 274 g/mol. The quantitative estimate of drug-likeness (QED) is 0.530. The molecule has 102 valence electrons.